The van der Waals surface area contributed by atoms with E-state index in [1.54, 1.807) is 0 Å². The van der Waals surface area contributed by atoms with Crippen LogP contribution in [0.2, 0.25) is 0 Å². The maximum Gasteiger partial charge on any atom is 0.191 e. The molecule has 0 aromatic carbocycles. The molecule has 2 aliphatic rings. The molecular weight excluding hydrogens is 218 g/mol. The molecule has 2 fully saturated rings. The molecule has 16 heavy (non-hydrogen) atoms. The quantitative estimate of drug-likeness (QED) is 0.585. The number of hydrogen-bond acceptors (Lipinski definition) is 2. The van der Waals surface area contributed by atoms with Gasteiger partial charge in [-0.1, -0.05) is 6.92 Å². The van der Waals surface area contributed by atoms with Gasteiger partial charge in [-0.25, -0.2) is 0 Å². The van der Waals surface area contributed by atoms with Gasteiger partial charge in [0.15, 0.2) is 5.96 Å². The van der Waals surface area contributed by atoms with Crippen LogP contribution in [0.5, 0.6) is 0 Å². The molecule has 0 spiro atoms. The zero-order chi connectivity index (χ0) is 11.6. The summed E-state index contributed by atoms with van der Waals surface area (Å²) in [6, 6.07) is 0.648. The Morgan fingerprint density at radius 1 is 1.56 bits per heavy atom. The average molecular weight is 241 g/mol. The van der Waals surface area contributed by atoms with Crippen LogP contribution in [-0.2, 0) is 0 Å². The molecule has 0 aromatic heterocycles. The van der Waals surface area contributed by atoms with Crippen molar-refractivity contribution >= 4 is 17.7 Å². The highest BCUT2D eigenvalue weighted by Crippen LogP contribution is 2.37. The standard InChI is InChI=1S/C12H23N3S/c1-9-7-10(9)15-11(13-3)14-8-12(2)5-4-6-16-12/h9-10H,4-8H2,1-3H3,(H2,13,14,15). The summed E-state index contributed by atoms with van der Waals surface area (Å²) in [5, 5.41) is 6.92. The molecule has 0 bridgehead atoms. The van der Waals surface area contributed by atoms with Crippen molar-refractivity contribution in [3.63, 3.8) is 0 Å². The predicted octanol–water partition coefficient (Wildman–Crippen LogP) is 1.85. The lowest BCUT2D eigenvalue weighted by Gasteiger charge is -2.24. The Labute approximate surface area is 103 Å². The van der Waals surface area contributed by atoms with Crippen LogP contribution in [0, 0.1) is 5.92 Å². The molecule has 0 amide bonds. The average Bonchev–Trinajstić information content (AvgIpc) is 2.76. The predicted molar refractivity (Wildman–Crippen MR) is 72.2 cm³/mol. The summed E-state index contributed by atoms with van der Waals surface area (Å²) in [4.78, 5) is 4.28. The fourth-order valence-corrected chi connectivity index (χ4v) is 3.38. The van der Waals surface area contributed by atoms with Crippen molar-refractivity contribution in [3.05, 3.63) is 0 Å². The molecule has 2 rings (SSSR count). The first kappa shape index (κ1) is 12.1. The Hall–Kier alpha value is -0.380. The van der Waals surface area contributed by atoms with Crippen molar-refractivity contribution in [1.82, 2.24) is 10.6 Å². The Balaban J connectivity index is 1.74. The van der Waals surface area contributed by atoms with Gasteiger partial charge in [-0.05, 0) is 37.9 Å². The molecule has 0 radical (unpaired) electrons. The van der Waals surface area contributed by atoms with Gasteiger partial charge in [-0.15, -0.1) is 0 Å². The van der Waals surface area contributed by atoms with Gasteiger partial charge in [0, 0.05) is 24.4 Å². The minimum atomic E-state index is 0.410. The molecule has 1 saturated carbocycles. The van der Waals surface area contributed by atoms with Crippen molar-refractivity contribution in [1.29, 1.82) is 0 Å². The van der Waals surface area contributed by atoms with Gasteiger partial charge in [0.25, 0.3) is 0 Å². The van der Waals surface area contributed by atoms with Crippen LogP contribution in [0.4, 0.5) is 0 Å². The lowest BCUT2D eigenvalue weighted by Crippen LogP contribution is -2.44. The van der Waals surface area contributed by atoms with Crippen LogP contribution in [0.15, 0.2) is 4.99 Å². The van der Waals surface area contributed by atoms with Gasteiger partial charge in [-0.3, -0.25) is 4.99 Å². The summed E-state index contributed by atoms with van der Waals surface area (Å²) in [6.45, 7) is 5.65. The minimum absolute atomic E-state index is 0.410. The van der Waals surface area contributed by atoms with Gasteiger partial charge in [0.05, 0.1) is 0 Å². The van der Waals surface area contributed by atoms with Crippen LogP contribution in [0.3, 0.4) is 0 Å². The number of nitrogens with one attached hydrogen (secondary N) is 2. The Morgan fingerprint density at radius 3 is 2.81 bits per heavy atom. The topological polar surface area (TPSA) is 36.4 Å². The molecule has 3 unspecified atom stereocenters. The van der Waals surface area contributed by atoms with E-state index in [2.05, 4.69) is 41.2 Å². The normalized spacial score (nSPS) is 38.6. The fourth-order valence-electron chi connectivity index (χ4n) is 2.14. The Morgan fingerprint density at radius 2 is 2.31 bits per heavy atom. The first-order valence-electron chi connectivity index (χ1n) is 6.24. The van der Waals surface area contributed by atoms with Crippen molar-refractivity contribution in [2.45, 2.75) is 43.9 Å². The molecule has 0 aromatic rings. The van der Waals surface area contributed by atoms with Crippen LogP contribution in [0.1, 0.15) is 33.1 Å². The van der Waals surface area contributed by atoms with Crippen molar-refractivity contribution < 1.29 is 0 Å². The Kier molecular flexibility index (Phi) is 3.67. The first-order chi connectivity index (χ1) is 7.63. The zero-order valence-electron chi connectivity index (χ0n) is 10.5. The third kappa shape index (κ3) is 3.06. The summed E-state index contributed by atoms with van der Waals surface area (Å²) in [5.74, 6) is 3.10. The van der Waals surface area contributed by atoms with E-state index in [-0.39, 0.29) is 0 Å². The van der Waals surface area contributed by atoms with E-state index in [4.69, 9.17) is 0 Å². The fraction of sp³-hybridized carbons (Fsp3) is 0.917. The molecule has 2 N–H and O–H groups in total. The van der Waals surface area contributed by atoms with Gasteiger partial charge < -0.3 is 10.6 Å². The van der Waals surface area contributed by atoms with E-state index in [0.717, 1.165) is 18.4 Å². The number of rotatable bonds is 3. The molecular formula is C12H23N3S. The summed E-state index contributed by atoms with van der Waals surface area (Å²) < 4.78 is 0.410. The van der Waals surface area contributed by atoms with Crippen LogP contribution >= 0.6 is 11.8 Å². The summed E-state index contributed by atoms with van der Waals surface area (Å²) in [5.41, 5.74) is 0. The highest BCUT2D eigenvalue weighted by atomic mass is 32.2. The van der Waals surface area contributed by atoms with Gasteiger partial charge >= 0.3 is 0 Å². The zero-order valence-corrected chi connectivity index (χ0v) is 11.4. The first-order valence-corrected chi connectivity index (χ1v) is 7.23. The maximum absolute atomic E-state index is 4.28. The number of thioether (sulfide) groups is 1. The molecule has 3 nitrogen and oxygen atoms in total. The number of nitrogens with zero attached hydrogens (tertiary/aromatic N) is 1. The number of guanidine groups is 1. The monoisotopic (exact) mass is 241 g/mol. The van der Waals surface area contributed by atoms with Gasteiger partial charge in [0.1, 0.15) is 0 Å². The largest absolute Gasteiger partial charge is 0.355 e. The number of aliphatic imine (C=N–C) groups is 1. The van der Waals surface area contributed by atoms with Crippen molar-refractivity contribution in [3.8, 4) is 0 Å². The van der Waals surface area contributed by atoms with Crippen LogP contribution < -0.4 is 10.6 Å². The minimum Gasteiger partial charge on any atom is -0.355 e. The van der Waals surface area contributed by atoms with E-state index in [1.807, 2.05) is 7.05 Å². The smallest absolute Gasteiger partial charge is 0.191 e. The summed E-state index contributed by atoms with van der Waals surface area (Å²) in [6.07, 6.45) is 3.96. The molecule has 1 aliphatic carbocycles. The summed E-state index contributed by atoms with van der Waals surface area (Å²) in [7, 11) is 1.85. The molecule has 1 saturated heterocycles. The second-order valence-corrected chi connectivity index (χ2v) is 6.97. The van der Waals surface area contributed by atoms with E-state index in [9.17, 15) is 0 Å². The molecule has 1 heterocycles. The molecule has 3 atom stereocenters. The van der Waals surface area contributed by atoms with Gasteiger partial charge in [-0.2, -0.15) is 11.8 Å². The van der Waals surface area contributed by atoms with Crippen molar-refractivity contribution in [2.75, 3.05) is 19.3 Å². The van der Waals surface area contributed by atoms with Gasteiger partial charge in [0.2, 0.25) is 0 Å². The van der Waals surface area contributed by atoms with Crippen molar-refractivity contribution in [2.24, 2.45) is 10.9 Å². The summed E-state index contributed by atoms with van der Waals surface area (Å²) >= 11 is 2.09. The molecule has 92 valence electrons. The maximum atomic E-state index is 4.28. The highest BCUT2D eigenvalue weighted by Gasteiger charge is 2.34. The second kappa shape index (κ2) is 4.86. The van der Waals surface area contributed by atoms with E-state index in [1.165, 1.54) is 25.0 Å². The molecule has 4 heteroatoms. The third-order valence-electron chi connectivity index (χ3n) is 3.59. The highest BCUT2D eigenvalue weighted by molar-refractivity contribution is 8.00. The second-order valence-electron chi connectivity index (χ2n) is 5.29. The SMILES string of the molecule is CN=C(NCC1(C)CCCS1)NC1CC1C. The Bertz CT molecular complexity index is 271. The number of hydrogen-bond donors (Lipinski definition) is 2. The van der Waals surface area contributed by atoms with Crippen LogP contribution in [-0.4, -0.2) is 36.1 Å². The van der Waals surface area contributed by atoms with E-state index >= 15 is 0 Å². The van der Waals surface area contributed by atoms with E-state index < -0.39 is 0 Å². The molecule has 1 aliphatic heterocycles. The van der Waals surface area contributed by atoms with Crippen LogP contribution in [0.25, 0.3) is 0 Å². The third-order valence-corrected chi connectivity index (χ3v) is 5.12. The van der Waals surface area contributed by atoms with E-state index in [0.29, 0.717) is 10.8 Å². The lowest BCUT2D eigenvalue weighted by molar-refractivity contribution is 0.583. The lowest BCUT2D eigenvalue weighted by atomic mass is 10.1.